The molecule has 2 aromatic heterocycles. The standard InChI is InChI=1S/C24H24N4OS2/c1-2-27(16-19-10-5-3-6-11-19)22(29)18-31-24-26-25-23(21-14-9-15-30-21)28(24)17-20-12-7-4-8-13-20/h3-15H,2,16-18H2,1H3. The third-order valence-corrected chi connectivity index (χ3v) is 6.73. The number of benzene rings is 2. The summed E-state index contributed by atoms with van der Waals surface area (Å²) in [6.45, 7) is 3.97. The molecule has 0 N–H and O–H groups in total. The SMILES string of the molecule is CCN(Cc1ccccc1)C(=O)CSc1nnc(-c2cccs2)n1Cc1ccccc1. The van der Waals surface area contributed by atoms with Gasteiger partial charge in [-0.1, -0.05) is 78.5 Å². The van der Waals surface area contributed by atoms with E-state index in [-0.39, 0.29) is 5.91 Å². The number of rotatable bonds is 9. The lowest BCUT2D eigenvalue weighted by Crippen LogP contribution is -2.31. The molecule has 0 aliphatic carbocycles. The summed E-state index contributed by atoms with van der Waals surface area (Å²) in [6.07, 6.45) is 0. The van der Waals surface area contributed by atoms with Crippen LogP contribution in [0.4, 0.5) is 0 Å². The zero-order valence-electron chi connectivity index (χ0n) is 17.3. The molecule has 0 unspecified atom stereocenters. The van der Waals surface area contributed by atoms with Gasteiger partial charge < -0.3 is 4.90 Å². The molecule has 1 amide bonds. The Balaban J connectivity index is 1.50. The van der Waals surface area contributed by atoms with Gasteiger partial charge in [-0.2, -0.15) is 0 Å². The van der Waals surface area contributed by atoms with Gasteiger partial charge in [0.15, 0.2) is 11.0 Å². The minimum Gasteiger partial charge on any atom is -0.338 e. The summed E-state index contributed by atoms with van der Waals surface area (Å²) in [5.74, 6) is 1.27. The predicted molar refractivity (Wildman–Crippen MR) is 127 cm³/mol. The number of thiophene rings is 1. The van der Waals surface area contributed by atoms with E-state index in [0.29, 0.717) is 25.4 Å². The maximum Gasteiger partial charge on any atom is 0.233 e. The molecule has 0 aliphatic heterocycles. The molecule has 158 valence electrons. The van der Waals surface area contributed by atoms with Crippen molar-refractivity contribution in [2.24, 2.45) is 0 Å². The maximum atomic E-state index is 12.9. The summed E-state index contributed by atoms with van der Waals surface area (Å²) in [5.41, 5.74) is 2.31. The van der Waals surface area contributed by atoms with Crippen LogP contribution < -0.4 is 0 Å². The van der Waals surface area contributed by atoms with Crippen molar-refractivity contribution in [3.8, 4) is 10.7 Å². The van der Waals surface area contributed by atoms with Crippen molar-refractivity contribution >= 4 is 29.0 Å². The molecule has 0 aliphatic rings. The number of carbonyl (C=O) groups is 1. The number of amides is 1. The minimum absolute atomic E-state index is 0.100. The quantitative estimate of drug-likeness (QED) is 0.331. The highest BCUT2D eigenvalue weighted by Crippen LogP contribution is 2.28. The third kappa shape index (κ3) is 5.42. The molecular formula is C24H24N4OS2. The maximum absolute atomic E-state index is 12.9. The Labute approximate surface area is 190 Å². The molecule has 0 saturated heterocycles. The van der Waals surface area contributed by atoms with Gasteiger partial charge in [-0.05, 0) is 29.5 Å². The van der Waals surface area contributed by atoms with Gasteiger partial charge in [-0.25, -0.2) is 0 Å². The Morgan fingerprint density at radius 3 is 2.32 bits per heavy atom. The molecular weight excluding hydrogens is 424 g/mol. The van der Waals surface area contributed by atoms with Gasteiger partial charge in [0.2, 0.25) is 5.91 Å². The van der Waals surface area contributed by atoms with Crippen LogP contribution in [0.15, 0.2) is 83.3 Å². The van der Waals surface area contributed by atoms with Crippen LogP contribution in [0.25, 0.3) is 10.7 Å². The van der Waals surface area contributed by atoms with E-state index in [1.165, 1.54) is 17.3 Å². The summed E-state index contributed by atoms with van der Waals surface area (Å²) < 4.78 is 2.10. The molecule has 5 nitrogen and oxygen atoms in total. The molecule has 2 aromatic carbocycles. The second kappa shape index (κ2) is 10.4. The lowest BCUT2D eigenvalue weighted by molar-refractivity contribution is -0.128. The normalized spacial score (nSPS) is 10.9. The second-order valence-corrected chi connectivity index (χ2v) is 8.93. The first-order chi connectivity index (χ1) is 15.2. The van der Waals surface area contributed by atoms with E-state index < -0.39 is 0 Å². The fourth-order valence-corrected chi connectivity index (χ4v) is 4.85. The highest BCUT2D eigenvalue weighted by atomic mass is 32.2. The van der Waals surface area contributed by atoms with Crippen LogP contribution in [0.2, 0.25) is 0 Å². The van der Waals surface area contributed by atoms with Gasteiger partial charge in [-0.15, -0.1) is 21.5 Å². The van der Waals surface area contributed by atoms with Gasteiger partial charge in [0, 0.05) is 13.1 Å². The van der Waals surface area contributed by atoms with Crippen molar-refractivity contribution < 1.29 is 4.79 Å². The number of hydrogen-bond acceptors (Lipinski definition) is 5. The van der Waals surface area contributed by atoms with Crippen molar-refractivity contribution in [2.75, 3.05) is 12.3 Å². The molecule has 0 radical (unpaired) electrons. The highest BCUT2D eigenvalue weighted by molar-refractivity contribution is 7.99. The lowest BCUT2D eigenvalue weighted by Gasteiger charge is -2.21. The molecule has 4 aromatic rings. The number of aromatic nitrogens is 3. The Bertz CT molecular complexity index is 1100. The lowest BCUT2D eigenvalue weighted by atomic mass is 10.2. The number of hydrogen-bond donors (Lipinski definition) is 0. The number of nitrogens with zero attached hydrogens (tertiary/aromatic N) is 4. The highest BCUT2D eigenvalue weighted by Gasteiger charge is 2.19. The Morgan fingerprint density at radius 1 is 0.968 bits per heavy atom. The van der Waals surface area contributed by atoms with Crippen molar-refractivity contribution in [1.82, 2.24) is 19.7 Å². The second-order valence-electron chi connectivity index (χ2n) is 7.04. The molecule has 7 heteroatoms. The molecule has 4 rings (SSSR count). The molecule has 0 bridgehead atoms. The van der Waals surface area contributed by atoms with E-state index in [0.717, 1.165) is 21.4 Å². The van der Waals surface area contributed by atoms with Gasteiger partial charge in [0.25, 0.3) is 0 Å². The van der Waals surface area contributed by atoms with Crippen LogP contribution in [0.1, 0.15) is 18.1 Å². The Morgan fingerprint density at radius 2 is 1.68 bits per heavy atom. The van der Waals surface area contributed by atoms with Crippen LogP contribution >= 0.6 is 23.1 Å². The average molecular weight is 449 g/mol. The molecule has 0 spiro atoms. The van der Waals surface area contributed by atoms with E-state index in [1.807, 2.05) is 71.8 Å². The monoisotopic (exact) mass is 448 g/mol. The van der Waals surface area contributed by atoms with E-state index in [1.54, 1.807) is 11.3 Å². The number of carbonyl (C=O) groups excluding carboxylic acids is 1. The van der Waals surface area contributed by atoms with Gasteiger partial charge >= 0.3 is 0 Å². The molecule has 2 heterocycles. The summed E-state index contributed by atoms with van der Waals surface area (Å²) in [7, 11) is 0. The van der Waals surface area contributed by atoms with Crippen LogP contribution in [0, 0.1) is 0 Å². The smallest absolute Gasteiger partial charge is 0.233 e. The third-order valence-electron chi connectivity index (χ3n) is 4.92. The first-order valence-electron chi connectivity index (χ1n) is 10.2. The van der Waals surface area contributed by atoms with E-state index in [2.05, 4.69) is 33.0 Å². The van der Waals surface area contributed by atoms with Gasteiger partial charge in [0.1, 0.15) is 0 Å². The fourth-order valence-electron chi connectivity index (χ4n) is 3.29. The van der Waals surface area contributed by atoms with Gasteiger partial charge in [0.05, 0.1) is 17.2 Å². The zero-order valence-corrected chi connectivity index (χ0v) is 19.0. The number of thioether (sulfide) groups is 1. The Kier molecular flexibility index (Phi) is 7.17. The predicted octanol–water partition coefficient (Wildman–Crippen LogP) is 5.20. The molecule has 0 saturated carbocycles. The van der Waals surface area contributed by atoms with E-state index in [4.69, 9.17) is 0 Å². The minimum atomic E-state index is 0.100. The van der Waals surface area contributed by atoms with Crippen molar-refractivity contribution in [3.63, 3.8) is 0 Å². The summed E-state index contributed by atoms with van der Waals surface area (Å²) in [6, 6.07) is 24.4. The van der Waals surface area contributed by atoms with E-state index >= 15 is 0 Å². The topological polar surface area (TPSA) is 51.0 Å². The van der Waals surface area contributed by atoms with Crippen molar-refractivity contribution in [1.29, 1.82) is 0 Å². The van der Waals surface area contributed by atoms with Crippen molar-refractivity contribution in [3.05, 3.63) is 89.3 Å². The van der Waals surface area contributed by atoms with Gasteiger partial charge in [-0.3, -0.25) is 9.36 Å². The van der Waals surface area contributed by atoms with Crippen molar-refractivity contribution in [2.45, 2.75) is 25.2 Å². The van der Waals surface area contributed by atoms with Crippen LogP contribution in [-0.2, 0) is 17.9 Å². The Hall–Kier alpha value is -2.90. The largest absolute Gasteiger partial charge is 0.338 e. The summed E-state index contributed by atoms with van der Waals surface area (Å²) in [5, 5.41) is 11.7. The average Bonchev–Trinajstić information content (AvgIpc) is 3.47. The van der Waals surface area contributed by atoms with Crippen LogP contribution in [0.5, 0.6) is 0 Å². The van der Waals surface area contributed by atoms with Crippen LogP contribution in [0.3, 0.4) is 0 Å². The summed E-state index contributed by atoms with van der Waals surface area (Å²) >= 11 is 3.09. The first kappa shape index (κ1) is 21.3. The molecule has 0 atom stereocenters. The zero-order chi connectivity index (χ0) is 21.5. The fraction of sp³-hybridized carbons (Fsp3) is 0.208. The van der Waals surface area contributed by atoms with E-state index in [9.17, 15) is 4.79 Å². The van der Waals surface area contributed by atoms with Crippen LogP contribution in [-0.4, -0.2) is 37.9 Å². The molecule has 31 heavy (non-hydrogen) atoms. The summed E-state index contributed by atoms with van der Waals surface area (Å²) in [4.78, 5) is 15.9. The molecule has 0 fully saturated rings. The first-order valence-corrected chi connectivity index (χ1v) is 12.1.